The maximum absolute atomic E-state index is 13.0. The molecule has 1 aliphatic heterocycles. The first kappa shape index (κ1) is 21.5. The van der Waals surface area contributed by atoms with Gasteiger partial charge >= 0.3 is 0 Å². The van der Waals surface area contributed by atoms with Crippen LogP contribution in [0.15, 0.2) is 48.7 Å². The van der Waals surface area contributed by atoms with Gasteiger partial charge in [0.1, 0.15) is 10.8 Å². The van der Waals surface area contributed by atoms with Crippen LogP contribution in [-0.2, 0) is 4.74 Å². The molecule has 1 N–H and O–H groups in total. The van der Waals surface area contributed by atoms with Crippen molar-refractivity contribution in [1.29, 1.82) is 0 Å². The highest BCUT2D eigenvalue weighted by atomic mass is 32.1. The van der Waals surface area contributed by atoms with Crippen molar-refractivity contribution >= 4 is 22.2 Å². The zero-order chi connectivity index (χ0) is 21.8. The van der Waals surface area contributed by atoms with E-state index < -0.39 is 0 Å². The molecule has 1 atom stereocenters. The number of rotatable bonds is 6. The molecular formula is C24H27N3O3S. The molecule has 3 heterocycles. The zero-order valence-electron chi connectivity index (χ0n) is 18.1. The van der Waals surface area contributed by atoms with Crippen LogP contribution >= 0.6 is 11.3 Å². The first-order chi connectivity index (χ1) is 15.1. The van der Waals surface area contributed by atoms with Gasteiger partial charge in [-0.2, -0.15) is 0 Å². The van der Waals surface area contributed by atoms with Gasteiger partial charge in [-0.25, -0.2) is 0 Å². The highest BCUT2D eigenvalue weighted by molar-refractivity contribution is 7.16. The van der Waals surface area contributed by atoms with E-state index in [1.54, 1.807) is 42.7 Å². The molecule has 31 heavy (non-hydrogen) atoms. The Labute approximate surface area is 186 Å². The van der Waals surface area contributed by atoms with Gasteiger partial charge in [0.25, 0.3) is 5.91 Å². The van der Waals surface area contributed by atoms with Gasteiger partial charge in [-0.3, -0.25) is 14.7 Å². The van der Waals surface area contributed by atoms with Crippen molar-refractivity contribution in [1.82, 2.24) is 9.88 Å². The Bertz CT molecular complexity index is 1030. The lowest BCUT2D eigenvalue weighted by molar-refractivity contribution is 0.0233. The Morgan fingerprint density at radius 3 is 2.55 bits per heavy atom. The Hall–Kier alpha value is -2.74. The molecule has 4 rings (SSSR count). The standard InChI is InChI=1S/C24H27N3O3S/c1-16-17(2)31-24(26-23(28)18-7-9-19(29-3)10-8-18)21(16)22(20-6-4-5-11-25-20)27-12-14-30-15-13-27/h4-11,22H,12-15H2,1-3H3,(H,26,28). The molecule has 162 valence electrons. The SMILES string of the molecule is COc1ccc(C(=O)Nc2sc(C)c(C)c2C(c2ccccn2)N2CCOCC2)cc1. The van der Waals surface area contributed by atoms with E-state index in [-0.39, 0.29) is 11.9 Å². The Balaban J connectivity index is 1.71. The summed E-state index contributed by atoms with van der Waals surface area (Å²) in [5.41, 5.74) is 3.88. The lowest BCUT2D eigenvalue weighted by Crippen LogP contribution is -2.40. The number of nitrogens with zero attached hydrogens (tertiary/aromatic N) is 2. The van der Waals surface area contributed by atoms with E-state index in [0.717, 1.165) is 35.1 Å². The number of anilines is 1. The molecule has 0 aliphatic carbocycles. The van der Waals surface area contributed by atoms with E-state index in [2.05, 4.69) is 35.1 Å². The van der Waals surface area contributed by atoms with Gasteiger partial charge in [0, 0.05) is 35.3 Å². The number of aryl methyl sites for hydroxylation is 1. The molecule has 0 spiro atoms. The second-order valence-electron chi connectivity index (χ2n) is 7.51. The lowest BCUT2D eigenvalue weighted by atomic mass is 9.98. The summed E-state index contributed by atoms with van der Waals surface area (Å²) in [6, 6.07) is 13.1. The quantitative estimate of drug-likeness (QED) is 0.618. The van der Waals surface area contributed by atoms with Crippen LogP contribution in [0.5, 0.6) is 5.75 Å². The molecule has 6 nitrogen and oxygen atoms in total. The molecule has 1 aliphatic rings. The van der Waals surface area contributed by atoms with E-state index in [4.69, 9.17) is 9.47 Å². The molecule has 0 saturated carbocycles. The van der Waals surface area contributed by atoms with E-state index in [0.29, 0.717) is 18.8 Å². The average molecular weight is 438 g/mol. The number of nitrogens with one attached hydrogen (secondary N) is 1. The van der Waals surface area contributed by atoms with Crippen molar-refractivity contribution in [3.63, 3.8) is 0 Å². The molecule has 0 radical (unpaired) electrons. The van der Waals surface area contributed by atoms with Crippen molar-refractivity contribution in [2.45, 2.75) is 19.9 Å². The topological polar surface area (TPSA) is 63.7 Å². The van der Waals surface area contributed by atoms with Crippen molar-refractivity contribution < 1.29 is 14.3 Å². The predicted octanol–water partition coefficient (Wildman–Crippen LogP) is 4.44. The highest BCUT2D eigenvalue weighted by Crippen LogP contribution is 2.42. The van der Waals surface area contributed by atoms with Gasteiger partial charge in [-0.1, -0.05) is 6.07 Å². The minimum absolute atomic E-state index is 0.0405. The van der Waals surface area contributed by atoms with Crippen LogP contribution in [0.4, 0.5) is 5.00 Å². The summed E-state index contributed by atoms with van der Waals surface area (Å²) in [6.45, 7) is 7.25. The Morgan fingerprint density at radius 2 is 1.90 bits per heavy atom. The first-order valence-electron chi connectivity index (χ1n) is 10.4. The summed E-state index contributed by atoms with van der Waals surface area (Å²) in [7, 11) is 1.61. The number of thiophene rings is 1. The Kier molecular flexibility index (Phi) is 6.65. The molecule has 1 fully saturated rings. The van der Waals surface area contributed by atoms with Crippen molar-refractivity contribution in [3.05, 3.63) is 75.9 Å². The third-order valence-corrected chi connectivity index (χ3v) is 6.80. The summed E-state index contributed by atoms with van der Waals surface area (Å²) in [5.74, 6) is 0.592. The maximum atomic E-state index is 13.0. The number of pyridine rings is 1. The second-order valence-corrected chi connectivity index (χ2v) is 8.74. The fourth-order valence-electron chi connectivity index (χ4n) is 3.88. The predicted molar refractivity (Wildman–Crippen MR) is 123 cm³/mol. The van der Waals surface area contributed by atoms with Gasteiger partial charge in [-0.05, 0) is 55.8 Å². The van der Waals surface area contributed by atoms with Gasteiger partial charge in [0.2, 0.25) is 0 Å². The molecule has 0 bridgehead atoms. The number of methoxy groups -OCH3 is 1. The Morgan fingerprint density at radius 1 is 1.16 bits per heavy atom. The molecule has 1 unspecified atom stereocenters. The third kappa shape index (κ3) is 4.63. The normalized spacial score (nSPS) is 15.5. The fraction of sp³-hybridized carbons (Fsp3) is 0.333. The lowest BCUT2D eigenvalue weighted by Gasteiger charge is -2.35. The van der Waals surface area contributed by atoms with Gasteiger partial charge in [0.05, 0.1) is 32.1 Å². The van der Waals surface area contributed by atoms with E-state index in [1.165, 1.54) is 10.4 Å². The van der Waals surface area contributed by atoms with Crippen molar-refractivity contribution in [2.24, 2.45) is 0 Å². The zero-order valence-corrected chi connectivity index (χ0v) is 18.9. The number of aromatic nitrogens is 1. The minimum atomic E-state index is -0.132. The van der Waals surface area contributed by atoms with Crippen LogP contribution in [0.3, 0.4) is 0 Å². The van der Waals surface area contributed by atoms with Crippen LogP contribution in [0.1, 0.15) is 38.1 Å². The van der Waals surface area contributed by atoms with Gasteiger partial charge < -0.3 is 14.8 Å². The molecule has 1 aromatic carbocycles. The average Bonchev–Trinajstić information content (AvgIpc) is 3.08. The summed E-state index contributed by atoms with van der Waals surface area (Å²) in [6.07, 6.45) is 1.83. The van der Waals surface area contributed by atoms with E-state index >= 15 is 0 Å². The second kappa shape index (κ2) is 9.60. The maximum Gasteiger partial charge on any atom is 0.256 e. The number of benzene rings is 1. The van der Waals surface area contributed by atoms with Crippen molar-refractivity contribution in [3.8, 4) is 5.75 Å². The van der Waals surface area contributed by atoms with E-state index in [1.807, 2.05) is 18.3 Å². The number of ether oxygens (including phenoxy) is 2. The number of carbonyl (C=O) groups is 1. The molecule has 3 aromatic rings. The van der Waals surface area contributed by atoms with Crippen LogP contribution in [-0.4, -0.2) is 49.2 Å². The van der Waals surface area contributed by atoms with Crippen LogP contribution in [0, 0.1) is 13.8 Å². The van der Waals surface area contributed by atoms with Gasteiger partial charge in [0.15, 0.2) is 0 Å². The number of hydrogen-bond donors (Lipinski definition) is 1. The largest absolute Gasteiger partial charge is 0.497 e. The number of amides is 1. The molecule has 7 heteroatoms. The van der Waals surface area contributed by atoms with Gasteiger partial charge in [-0.15, -0.1) is 11.3 Å². The summed E-state index contributed by atoms with van der Waals surface area (Å²) in [4.78, 5) is 21.3. The smallest absolute Gasteiger partial charge is 0.256 e. The van der Waals surface area contributed by atoms with Crippen molar-refractivity contribution in [2.75, 3.05) is 38.7 Å². The molecule has 1 saturated heterocycles. The summed E-state index contributed by atoms with van der Waals surface area (Å²) < 4.78 is 10.8. The molecule has 1 amide bonds. The molecular weight excluding hydrogens is 410 g/mol. The monoisotopic (exact) mass is 437 g/mol. The minimum Gasteiger partial charge on any atom is -0.497 e. The molecule has 2 aromatic heterocycles. The van der Waals surface area contributed by atoms with Crippen LogP contribution < -0.4 is 10.1 Å². The summed E-state index contributed by atoms with van der Waals surface area (Å²) in [5, 5.41) is 4.04. The number of carbonyl (C=O) groups excluding carboxylic acids is 1. The first-order valence-corrected chi connectivity index (χ1v) is 11.2. The third-order valence-electron chi connectivity index (χ3n) is 5.66. The van der Waals surface area contributed by atoms with E-state index in [9.17, 15) is 4.79 Å². The number of morpholine rings is 1. The highest BCUT2D eigenvalue weighted by Gasteiger charge is 2.31. The number of hydrogen-bond acceptors (Lipinski definition) is 6. The van der Waals surface area contributed by atoms with Crippen LogP contribution in [0.25, 0.3) is 0 Å². The summed E-state index contributed by atoms with van der Waals surface area (Å²) >= 11 is 1.62. The van der Waals surface area contributed by atoms with Crippen LogP contribution in [0.2, 0.25) is 0 Å². The fourth-order valence-corrected chi connectivity index (χ4v) is 4.96.